The minimum absolute atomic E-state index is 0.0330. The highest BCUT2D eigenvalue weighted by atomic mass is 16.5. The molecule has 0 N–H and O–H groups in total. The molecule has 2 heterocycles. The van der Waals surface area contributed by atoms with Gasteiger partial charge in [-0.05, 0) is 24.1 Å². The molecule has 2 aromatic rings. The summed E-state index contributed by atoms with van der Waals surface area (Å²) in [6.45, 7) is 10.4. The van der Waals surface area contributed by atoms with Gasteiger partial charge in [0, 0.05) is 31.6 Å². The molecule has 1 saturated heterocycles. The first-order valence-electron chi connectivity index (χ1n) is 9.93. The van der Waals surface area contributed by atoms with Gasteiger partial charge in [0.15, 0.2) is 0 Å². The number of hydrogen-bond donors (Lipinski definition) is 0. The van der Waals surface area contributed by atoms with Crippen molar-refractivity contribution in [3.63, 3.8) is 0 Å². The topological polar surface area (TPSA) is 58.8 Å². The molecule has 3 rings (SSSR count). The minimum Gasteiger partial charge on any atom is -0.497 e. The zero-order chi connectivity index (χ0) is 20.1. The number of carbonyl (C=O) groups is 1. The first kappa shape index (κ1) is 20.4. The lowest BCUT2D eigenvalue weighted by molar-refractivity contribution is -0.130. The van der Waals surface area contributed by atoms with E-state index < -0.39 is 0 Å². The van der Waals surface area contributed by atoms with E-state index in [9.17, 15) is 4.79 Å². The SMILES string of the molecule is COc1ccc(CC(=O)N2CCCN(Cc3ncc(C(C)(C)C)o3)CC2)cc1. The predicted molar refractivity (Wildman–Crippen MR) is 108 cm³/mol. The van der Waals surface area contributed by atoms with Gasteiger partial charge >= 0.3 is 0 Å². The average Bonchev–Trinajstić information content (AvgIpc) is 3.01. The molecule has 6 heteroatoms. The largest absolute Gasteiger partial charge is 0.497 e. The summed E-state index contributed by atoms with van der Waals surface area (Å²) in [5, 5.41) is 0. The molecule has 1 aliphatic heterocycles. The van der Waals surface area contributed by atoms with E-state index in [0.29, 0.717) is 13.0 Å². The summed E-state index contributed by atoms with van der Waals surface area (Å²) in [5.74, 6) is 2.65. The van der Waals surface area contributed by atoms with Crippen LogP contribution in [0.25, 0.3) is 0 Å². The summed E-state index contributed by atoms with van der Waals surface area (Å²) in [7, 11) is 1.64. The van der Waals surface area contributed by atoms with Gasteiger partial charge in [-0.15, -0.1) is 0 Å². The lowest BCUT2D eigenvalue weighted by atomic mass is 9.94. The number of rotatable bonds is 5. The van der Waals surface area contributed by atoms with Crippen LogP contribution in [0.3, 0.4) is 0 Å². The highest BCUT2D eigenvalue weighted by Gasteiger charge is 2.22. The van der Waals surface area contributed by atoms with Crippen molar-refractivity contribution in [2.75, 3.05) is 33.3 Å². The first-order valence-corrected chi connectivity index (χ1v) is 9.93. The lowest BCUT2D eigenvalue weighted by Gasteiger charge is -2.21. The Morgan fingerprint density at radius 3 is 2.54 bits per heavy atom. The summed E-state index contributed by atoms with van der Waals surface area (Å²) in [6.07, 6.45) is 3.22. The van der Waals surface area contributed by atoms with E-state index >= 15 is 0 Å². The van der Waals surface area contributed by atoms with Crippen molar-refractivity contribution in [3.8, 4) is 5.75 Å². The molecule has 1 aliphatic rings. The number of aromatic nitrogens is 1. The summed E-state index contributed by atoms with van der Waals surface area (Å²) in [6, 6.07) is 7.70. The molecule has 1 aromatic carbocycles. The number of benzene rings is 1. The van der Waals surface area contributed by atoms with Crippen LogP contribution in [-0.4, -0.2) is 54.0 Å². The lowest BCUT2D eigenvalue weighted by Crippen LogP contribution is -2.36. The Balaban J connectivity index is 1.52. The van der Waals surface area contributed by atoms with Gasteiger partial charge in [-0.1, -0.05) is 32.9 Å². The number of hydrogen-bond acceptors (Lipinski definition) is 5. The molecule has 1 amide bonds. The first-order chi connectivity index (χ1) is 13.3. The van der Waals surface area contributed by atoms with Crippen molar-refractivity contribution >= 4 is 5.91 Å². The number of ether oxygens (including phenoxy) is 1. The fourth-order valence-electron chi connectivity index (χ4n) is 3.33. The number of methoxy groups -OCH3 is 1. The van der Waals surface area contributed by atoms with Crippen molar-refractivity contribution in [3.05, 3.63) is 47.7 Å². The fourth-order valence-corrected chi connectivity index (χ4v) is 3.33. The summed E-state index contributed by atoms with van der Waals surface area (Å²) in [5.41, 5.74) is 0.982. The van der Waals surface area contributed by atoms with E-state index in [4.69, 9.17) is 9.15 Å². The second kappa shape index (κ2) is 8.78. The van der Waals surface area contributed by atoms with Crippen molar-refractivity contribution < 1.29 is 13.9 Å². The quantitative estimate of drug-likeness (QED) is 0.791. The summed E-state index contributed by atoms with van der Waals surface area (Å²) in [4.78, 5) is 21.4. The van der Waals surface area contributed by atoms with Crippen LogP contribution in [0.15, 0.2) is 34.9 Å². The zero-order valence-corrected chi connectivity index (χ0v) is 17.4. The molecule has 0 bridgehead atoms. The Labute approximate surface area is 167 Å². The van der Waals surface area contributed by atoms with E-state index in [1.54, 1.807) is 7.11 Å². The molecule has 0 aliphatic carbocycles. The van der Waals surface area contributed by atoms with Crippen LogP contribution in [0.4, 0.5) is 0 Å². The van der Waals surface area contributed by atoms with Crippen LogP contribution in [-0.2, 0) is 23.2 Å². The summed E-state index contributed by atoms with van der Waals surface area (Å²) < 4.78 is 11.1. The van der Waals surface area contributed by atoms with Gasteiger partial charge in [0.25, 0.3) is 0 Å². The Bertz CT molecular complexity index is 777. The second-order valence-electron chi connectivity index (χ2n) is 8.40. The molecule has 1 fully saturated rings. The zero-order valence-electron chi connectivity index (χ0n) is 17.4. The van der Waals surface area contributed by atoms with Crippen LogP contribution in [0.1, 0.15) is 44.4 Å². The van der Waals surface area contributed by atoms with Crippen LogP contribution >= 0.6 is 0 Å². The molecule has 0 saturated carbocycles. The number of nitrogens with zero attached hydrogens (tertiary/aromatic N) is 3. The maximum Gasteiger partial charge on any atom is 0.227 e. The Hall–Kier alpha value is -2.34. The van der Waals surface area contributed by atoms with E-state index in [0.717, 1.165) is 55.6 Å². The Morgan fingerprint density at radius 1 is 1.14 bits per heavy atom. The highest BCUT2D eigenvalue weighted by molar-refractivity contribution is 5.78. The molecular formula is C22H31N3O3. The molecule has 0 radical (unpaired) electrons. The normalized spacial score (nSPS) is 16.1. The number of amides is 1. The van der Waals surface area contributed by atoms with Crippen LogP contribution in [0.5, 0.6) is 5.75 Å². The van der Waals surface area contributed by atoms with Crippen molar-refractivity contribution in [1.29, 1.82) is 0 Å². The number of carbonyl (C=O) groups excluding carboxylic acids is 1. The third kappa shape index (κ3) is 5.35. The Kier molecular flexibility index (Phi) is 6.39. The van der Waals surface area contributed by atoms with Gasteiger partial charge < -0.3 is 14.1 Å². The third-order valence-electron chi connectivity index (χ3n) is 5.11. The van der Waals surface area contributed by atoms with Gasteiger partial charge in [-0.25, -0.2) is 4.98 Å². The average molecular weight is 386 g/mol. The predicted octanol–water partition coefficient (Wildman–Crippen LogP) is 3.26. The summed E-state index contributed by atoms with van der Waals surface area (Å²) >= 11 is 0. The smallest absolute Gasteiger partial charge is 0.227 e. The van der Waals surface area contributed by atoms with E-state index in [2.05, 4.69) is 30.7 Å². The van der Waals surface area contributed by atoms with Crippen LogP contribution in [0, 0.1) is 0 Å². The van der Waals surface area contributed by atoms with Crippen LogP contribution in [0.2, 0.25) is 0 Å². The molecule has 1 aromatic heterocycles. The monoisotopic (exact) mass is 385 g/mol. The molecule has 0 atom stereocenters. The molecular weight excluding hydrogens is 354 g/mol. The minimum atomic E-state index is -0.0330. The van der Waals surface area contributed by atoms with E-state index in [1.807, 2.05) is 35.4 Å². The third-order valence-corrected chi connectivity index (χ3v) is 5.11. The molecule has 6 nitrogen and oxygen atoms in total. The van der Waals surface area contributed by atoms with Gasteiger partial charge in [-0.2, -0.15) is 0 Å². The molecule has 152 valence electrons. The van der Waals surface area contributed by atoms with E-state index in [-0.39, 0.29) is 11.3 Å². The highest BCUT2D eigenvalue weighted by Crippen LogP contribution is 2.23. The molecule has 28 heavy (non-hydrogen) atoms. The van der Waals surface area contributed by atoms with Crippen molar-refractivity contribution in [2.24, 2.45) is 0 Å². The van der Waals surface area contributed by atoms with Crippen molar-refractivity contribution in [2.45, 2.75) is 45.6 Å². The maximum atomic E-state index is 12.7. The standard InChI is InChI=1S/C22H31N3O3/c1-22(2,3)19-15-23-20(28-19)16-24-10-5-11-25(13-12-24)21(26)14-17-6-8-18(27-4)9-7-17/h6-9,15H,5,10-14,16H2,1-4H3. The molecule has 0 unspecified atom stereocenters. The van der Waals surface area contributed by atoms with Gasteiger partial charge in [0.1, 0.15) is 11.5 Å². The van der Waals surface area contributed by atoms with Crippen molar-refractivity contribution in [1.82, 2.24) is 14.8 Å². The fraction of sp³-hybridized carbons (Fsp3) is 0.545. The molecule has 0 spiro atoms. The van der Waals surface area contributed by atoms with Crippen LogP contribution < -0.4 is 4.74 Å². The number of oxazole rings is 1. The van der Waals surface area contributed by atoms with E-state index in [1.165, 1.54) is 0 Å². The van der Waals surface area contributed by atoms with Gasteiger partial charge in [0.05, 0.1) is 26.3 Å². The van der Waals surface area contributed by atoms with Gasteiger partial charge in [-0.3, -0.25) is 9.69 Å². The van der Waals surface area contributed by atoms with Gasteiger partial charge in [0.2, 0.25) is 11.8 Å². The second-order valence-corrected chi connectivity index (χ2v) is 8.40. The Morgan fingerprint density at radius 2 is 1.89 bits per heavy atom. The maximum absolute atomic E-state index is 12.7.